The molecule has 0 aromatic carbocycles. The van der Waals surface area contributed by atoms with E-state index >= 15 is 0 Å². The minimum absolute atomic E-state index is 0.0511. The maximum absolute atomic E-state index is 13.7. The normalized spacial score (nSPS) is 17.1. The number of Topliss-reactive ketones (excluding diaryl/α,β-unsaturated/α-hetero) is 1. The van der Waals surface area contributed by atoms with Crippen molar-refractivity contribution < 1.29 is 28.8 Å². The van der Waals surface area contributed by atoms with Crippen LogP contribution in [0.5, 0.6) is 0 Å². The molecule has 0 aliphatic heterocycles. The van der Waals surface area contributed by atoms with Gasteiger partial charge in [0.15, 0.2) is 0 Å². The lowest BCUT2D eigenvalue weighted by molar-refractivity contribution is -0.134. The number of hydrogen-bond donors (Lipinski definition) is 4. The van der Waals surface area contributed by atoms with E-state index in [0.29, 0.717) is 19.3 Å². The fourth-order valence-corrected chi connectivity index (χ4v) is 5.25. The third-order valence-electron chi connectivity index (χ3n) is 7.99. The molecule has 1 aromatic heterocycles. The lowest BCUT2D eigenvalue weighted by Gasteiger charge is -2.31. The molecule has 237 valence electrons. The summed E-state index contributed by atoms with van der Waals surface area (Å²) < 4.78 is 0. The molecule has 0 spiro atoms. The van der Waals surface area contributed by atoms with Gasteiger partial charge in [0, 0.05) is 12.4 Å². The highest BCUT2D eigenvalue weighted by Gasteiger charge is 2.34. The summed E-state index contributed by atoms with van der Waals surface area (Å²) in [5.41, 5.74) is 0.0629. The summed E-state index contributed by atoms with van der Waals surface area (Å²) in [5.74, 6) is -3.08. The summed E-state index contributed by atoms with van der Waals surface area (Å²) in [6, 6.07) is -3.92. The quantitative estimate of drug-likeness (QED) is 0.197. The van der Waals surface area contributed by atoms with Gasteiger partial charge in [-0.25, -0.2) is 4.98 Å². The molecule has 5 atom stereocenters. The Bertz CT molecular complexity index is 1090. The molecular formula is C31H47N6O6. The summed E-state index contributed by atoms with van der Waals surface area (Å²) in [6.45, 7) is 9.21. The zero-order chi connectivity index (χ0) is 31.9. The van der Waals surface area contributed by atoms with Crippen LogP contribution in [0.1, 0.15) is 103 Å². The van der Waals surface area contributed by atoms with Crippen molar-refractivity contribution in [3.8, 4) is 0 Å². The number of hydrogen-bond acceptors (Lipinski definition) is 8. The van der Waals surface area contributed by atoms with Gasteiger partial charge in [0.05, 0.1) is 12.2 Å². The number of rotatable bonds is 17. The molecule has 1 aliphatic rings. The Morgan fingerprint density at radius 3 is 2.05 bits per heavy atom. The molecular weight excluding hydrogens is 552 g/mol. The Kier molecular flexibility index (Phi) is 14.9. The van der Waals surface area contributed by atoms with Crippen LogP contribution >= 0.6 is 0 Å². The van der Waals surface area contributed by atoms with E-state index in [1.54, 1.807) is 6.92 Å². The van der Waals surface area contributed by atoms with Crippen LogP contribution < -0.4 is 21.3 Å². The Hall–Kier alpha value is -3.70. The first-order chi connectivity index (χ1) is 20.5. The molecule has 4 N–H and O–H groups in total. The van der Waals surface area contributed by atoms with Crippen molar-refractivity contribution in [2.45, 2.75) is 117 Å². The molecule has 1 unspecified atom stereocenters. The third-order valence-corrected chi connectivity index (χ3v) is 7.99. The van der Waals surface area contributed by atoms with E-state index in [0.717, 1.165) is 32.1 Å². The smallest absolute Gasteiger partial charge is 0.274 e. The molecule has 12 heteroatoms. The van der Waals surface area contributed by atoms with Gasteiger partial charge in [-0.1, -0.05) is 73.1 Å². The molecule has 1 saturated carbocycles. The van der Waals surface area contributed by atoms with Crippen molar-refractivity contribution in [3.63, 3.8) is 0 Å². The van der Waals surface area contributed by atoms with Gasteiger partial charge in [-0.05, 0) is 37.0 Å². The number of aromatic nitrogens is 2. The third kappa shape index (κ3) is 11.5. The summed E-state index contributed by atoms with van der Waals surface area (Å²) in [7, 11) is 0. The van der Waals surface area contributed by atoms with Gasteiger partial charge in [0.1, 0.15) is 23.8 Å². The van der Waals surface area contributed by atoms with Gasteiger partial charge >= 0.3 is 0 Å². The largest absolute Gasteiger partial charge is 0.344 e. The van der Waals surface area contributed by atoms with E-state index in [1.807, 2.05) is 27.7 Å². The molecule has 1 radical (unpaired) electrons. The molecule has 12 nitrogen and oxygen atoms in total. The Morgan fingerprint density at radius 1 is 0.837 bits per heavy atom. The van der Waals surface area contributed by atoms with Crippen molar-refractivity contribution in [2.75, 3.05) is 0 Å². The maximum atomic E-state index is 13.7. The van der Waals surface area contributed by atoms with Crippen molar-refractivity contribution in [1.82, 2.24) is 31.2 Å². The highest BCUT2D eigenvalue weighted by molar-refractivity contribution is 6.28. The van der Waals surface area contributed by atoms with E-state index in [1.165, 1.54) is 24.9 Å². The zero-order valence-corrected chi connectivity index (χ0v) is 26.0. The van der Waals surface area contributed by atoms with Crippen LogP contribution in [0.15, 0.2) is 18.6 Å². The summed E-state index contributed by atoms with van der Waals surface area (Å²) in [6.07, 6.45) is 11.9. The Morgan fingerprint density at radius 2 is 1.49 bits per heavy atom. The fourth-order valence-electron chi connectivity index (χ4n) is 5.25. The van der Waals surface area contributed by atoms with E-state index < -0.39 is 53.6 Å². The maximum Gasteiger partial charge on any atom is 0.274 e. The van der Waals surface area contributed by atoms with E-state index in [2.05, 4.69) is 31.2 Å². The second-order valence-corrected chi connectivity index (χ2v) is 11.9. The number of amides is 4. The predicted octanol–water partition coefficient (Wildman–Crippen LogP) is 2.18. The van der Waals surface area contributed by atoms with Crippen molar-refractivity contribution in [3.05, 3.63) is 24.3 Å². The van der Waals surface area contributed by atoms with Crippen molar-refractivity contribution in [1.29, 1.82) is 0 Å². The van der Waals surface area contributed by atoms with Gasteiger partial charge in [0.2, 0.25) is 23.5 Å². The average molecular weight is 600 g/mol. The van der Waals surface area contributed by atoms with E-state index in [4.69, 9.17) is 0 Å². The molecule has 2 rings (SSSR count). The minimum Gasteiger partial charge on any atom is -0.344 e. The van der Waals surface area contributed by atoms with E-state index in [-0.39, 0.29) is 29.9 Å². The zero-order valence-electron chi connectivity index (χ0n) is 26.0. The van der Waals surface area contributed by atoms with Crippen LogP contribution in [-0.4, -0.2) is 69.8 Å². The highest BCUT2D eigenvalue weighted by Crippen LogP contribution is 2.27. The van der Waals surface area contributed by atoms with Crippen molar-refractivity contribution in [2.24, 2.45) is 17.8 Å². The summed E-state index contributed by atoms with van der Waals surface area (Å²) in [4.78, 5) is 84.2. The highest BCUT2D eigenvalue weighted by atomic mass is 16.2. The molecule has 0 saturated heterocycles. The summed E-state index contributed by atoms with van der Waals surface area (Å²) >= 11 is 0. The molecule has 1 aromatic rings. The SMILES string of the molecule is CCC(NC(=O)[C@H](CC1CCCCC1)NC(=O)[C@@H](NC(=O)[C@H](CC(C)C)NC(=O)c1cnccn1)[C@@H](C)CC)C(=O)[C]=O. The van der Waals surface area contributed by atoms with Gasteiger partial charge in [-0.3, -0.25) is 33.8 Å². The van der Waals surface area contributed by atoms with Crippen LogP contribution in [0.4, 0.5) is 0 Å². The predicted molar refractivity (Wildman–Crippen MR) is 160 cm³/mol. The van der Waals surface area contributed by atoms with Crippen LogP contribution in [0, 0.1) is 17.8 Å². The standard InChI is InChI=1S/C31H47N6O6/c1-6-20(5)27(37-29(41)23(15-19(3)4)35-30(42)25-17-32-13-14-33-25)31(43)36-24(16-21-11-9-8-10-12-21)28(40)34-22(7-2)26(39)18-38/h13-14,17,19-24,27H,6-12,15-16H2,1-5H3,(H,34,40)(H,35,42)(H,36,43)(H,37,41)/t20-,22?,23-,24-,27-/m0/s1. The monoisotopic (exact) mass is 599 g/mol. The molecule has 1 heterocycles. The van der Waals surface area contributed by atoms with Crippen LogP contribution in [0.25, 0.3) is 0 Å². The first-order valence-electron chi connectivity index (χ1n) is 15.4. The molecule has 1 fully saturated rings. The lowest BCUT2D eigenvalue weighted by Crippen LogP contribution is -2.59. The number of carbonyl (C=O) groups is 5. The second kappa shape index (κ2) is 18.1. The Balaban J connectivity index is 2.25. The molecule has 43 heavy (non-hydrogen) atoms. The number of nitrogens with one attached hydrogen (secondary N) is 4. The molecule has 4 amide bonds. The van der Waals surface area contributed by atoms with Gasteiger partial charge in [-0.15, -0.1) is 0 Å². The minimum atomic E-state index is -1.03. The summed E-state index contributed by atoms with van der Waals surface area (Å²) in [5, 5.41) is 11.0. The Labute approximate surface area is 254 Å². The van der Waals surface area contributed by atoms with Crippen LogP contribution in [0.2, 0.25) is 0 Å². The second-order valence-electron chi connectivity index (χ2n) is 11.9. The molecule has 1 aliphatic carbocycles. The first kappa shape index (κ1) is 35.5. The average Bonchev–Trinajstić information content (AvgIpc) is 3.01. The van der Waals surface area contributed by atoms with Gasteiger partial charge in [0.25, 0.3) is 12.2 Å². The van der Waals surface area contributed by atoms with Gasteiger partial charge in [-0.2, -0.15) is 0 Å². The number of carbonyl (C=O) groups excluding carboxylic acids is 6. The number of ketones is 1. The van der Waals surface area contributed by atoms with Crippen LogP contribution in [-0.2, 0) is 24.0 Å². The van der Waals surface area contributed by atoms with Gasteiger partial charge < -0.3 is 21.3 Å². The van der Waals surface area contributed by atoms with Crippen LogP contribution in [0.3, 0.4) is 0 Å². The molecule has 0 bridgehead atoms. The topological polar surface area (TPSA) is 176 Å². The lowest BCUT2D eigenvalue weighted by atomic mass is 9.84. The van der Waals surface area contributed by atoms with Crippen molar-refractivity contribution >= 4 is 35.7 Å². The fraction of sp³-hybridized carbons (Fsp3) is 0.677. The van der Waals surface area contributed by atoms with E-state index in [9.17, 15) is 28.8 Å². The number of nitrogens with zero attached hydrogens (tertiary/aromatic N) is 2. The first-order valence-corrected chi connectivity index (χ1v) is 15.4.